The Bertz CT molecular complexity index is 510. The minimum Gasteiger partial charge on any atom is -0.325 e. The first-order chi connectivity index (χ1) is 9.51. The van der Waals surface area contributed by atoms with Crippen LogP contribution in [0, 0.1) is 5.41 Å². The molecule has 1 saturated carbocycles. The van der Waals surface area contributed by atoms with Crippen molar-refractivity contribution in [3.63, 3.8) is 0 Å². The Kier molecular flexibility index (Phi) is 5.16. The van der Waals surface area contributed by atoms with Crippen molar-refractivity contribution >= 4 is 40.4 Å². The van der Waals surface area contributed by atoms with Crippen LogP contribution < -0.4 is 5.32 Å². The zero-order chi connectivity index (χ0) is 14.6. The number of thiol groups is 1. The zero-order valence-electron chi connectivity index (χ0n) is 11.5. The van der Waals surface area contributed by atoms with Gasteiger partial charge >= 0.3 is 0 Å². The first-order valence-electron chi connectivity index (χ1n) is 6.82. The minimum atomic E-state index is -0.291. The van der Waals surface area contributed by atoms with Crippen LogP contribution in [0.1, 0.15) is 39.0 Å². The summed E-state index contributed by atoms with van der Waals surface area (Å²) in [5.74, 6) is 0.0527. The number of anilines is 1. The van der Waals surface area contributed by atoms with E-state index in [9.17, 15) is 9.59 Å². The van der Waals surface area contributed by atoms with Crippen molar-refractivity contribution < 1.29 is 9.59 Å². The Morgan fingerprint density at radius 2 is 1.85 bits per heavy atom. The van der Waals surface area contributed by atoms with Gasteiger partial charge in [0.1, 0.15) is 0 Å². The van der Waals surface area contributed by atoms with E-state index >= 15 is 0 Å². The molecule has 1 aromatic rings. The predicted octanol–water partition coefficient (Wildman–Crippen LogP) is 4.74. The Balaban J connectivity index is 2.13. The van der Waals surface area contributed by atoms with Crippen molar-refractivity contribution in [2.24, 2.45) is 5.41 Å². The molecule has 1 fully saturated rings. The molecule has 0 radical (unpaired) electrons. The molecule has 3 nitrogen and oxygen atoms in total. The van der Waals surface area contributed by atoms with Crippen molar-refractivity contribution in [3.05, 3.63) is 24.3 Å². The third-order valence-electron chi connectivity index (χ3n) is 3.84. The summed E-state index contributed by atoms with van der Waals surface area (Å²) in [6.45, 7) is 2.03. The predicted molar refractivity (Wildman–Crippen MR) is 86.5 cm³/mol. The summed E-state index contributed by atoms with van der Waals surface area (Å²) in [7, 11) is 0. The van der Waals surface area contributed by atoms with Crippen LogP contribution in [-0.2, 0) is 4.79 Å². The molecular weight excluding hydrogens is 290 g/mol. The fourth-order valence-electron chi connectivity index (χ4n) is 2.59. The normalized spacial score (nSPS) is 17.5. The summed E-state index contributed by atoms with van der Waals surface area (Å²) < 4.78 is -0.282. The molecule has 5 heteroatoms. The van der Waals surface area contributed by atoms with Crippen LogP contribution >= 0.6 is 24.4 Å². The number of carbonyl (C=O) groups is 2. The van der Waals surface area contributed by atoms with E-state index in [2.05, 4.69) is 17.9 Å². The van der Waals surface area contributed by atoms with E-state index in [1.165, 1.54) is 6.42 Å². The third kappa shape index (κ3) is 3.79. The van der Waals surface area contributed by atoms with Crippen LogP contribution in [0.15, 0.2) is 29.2 Å². The van der Waals surface area contributed by atoms with Crippen LogP contribution in [0.5, 0.6) is 0 Å². The van der Waals surface area contributed by atoms with E-state index < -0.39 is 0 Å². The smallest absolute Gasteiger partial charge is 0.247 e. The van der Waals surface area contributed by atoms with Gasteiger partial charge in [0.15, 0.2) is 0 Å². The van der Waals surface area contributed by atoms with Crippen molar-refractivity contribution in [3.8, 4) is 0 Å². The maximum Gasteiger partial charge on any atom is 0.247 e. The molecule has 1 amide bonds. The van der Waals surface area contributed by atoms with E-state index in [0.717, 1.165) is 42.3 Å². The topological polar surface area (TPSA) is 46.2 Å². The quantitative estimate of drug-likeness (QED) is 0.626. The van der Waals surface area contributed by atoms with Crippen LogP contribution in [0.25, 0.3) is 0 Å². The number of thioether (sulfide) groups is 1. The largest absolute Gasteiger partial charge is 0.325 e. The fraction of sp³-hybridized carbons (Fsp3) is 0.467. The van der Waals surface area contributed by atoms with Gasteiger partial charge in [0.2, 0.25) is 10.4 Å². The summed E-state index contributed by atoms with van der Waals surface area (Å²) in [5.41, 5.74) is 0.401. The summed E-state index contributed by atoms with van der Waals surface area (Å²) in [6.07, 6.45) is 5.29. The molecule has 1 aromatic carbocycles. The number of benzene rings is 1. The number of amides is 1. The van der Waals surface area contributed by atoms with E-state index in [1.54, 1.807) is 0 Å². The summed E-state index contributed by atoms with van der Waals surface area (Å²) in [6, 6.07) is 7.34. The number of carbonyl (C=O) groups excluding carboxylic acids is 2. The van der Waals surface area contributed by atoms with Gasteiger partial charge in [-0.25, -0.2) is 0 Å². The summed E-state index contributed by atoms with van der Waals surface area (Å²) >= 11 is 4.80. The lowest BCUT2D eigenvalue weighted by Crippen LogP contribution is -2.35. The van der Waals surface area contributed by atoms with Crippen LogP contribution in [0.4, 0.5) is 10.5 Å². The minimum absolute atomic E-state index is 0.0527. The molecule has 0 heterocycles. The molecule has 0 unspecified atom stereocenters. The van der Waals surface area contributed by atoms with Crippen molar-refractivity contribution in [2.75, 3.05) is 5.32 Å². The Labute approximate surface area is 129 Å². The van der Waals surface area contributed by atoms with Crippen molar-refractivity contribution in [1.29, 1.82) is 0 Å². The molecule has 2 rings (SSSR count). The first-order valence-corrected chi connectivity index (χ1v) is 8.09. The second-order valence-corrected chi connectivity index (χ2v) is 7.16. The molecule has 108 valence electrons. The number of nitrogens with one attached hydrogen (secondary N) is 1. The van der Waals surface area contributed by atoms with Crippen LogP contribution in [-0.4, -0.2) is 10.4 Å². The van der Waals surface area contributed by atoms with Crippen molar-refractivity contribution in [2.45, 2.75) is 43.9 Å². The maximum absolute atomic E-state index is 12.5. The third-order valence-corrected chi connectivity index (χ3v) is 4.86. The highest BCUT2D eigenvalue weighted by atomic mass is 32.2. The van der Waals surface area contributed by atoms with E-state index in [1.807, 2.05) is 31.2 Å². The molecule has 0 saturated heterocycles. The second-order valence-electron chi connectivity index (χ2n) is 5.44. The van der Waals surface area contributed by atoms with Gasteiger partial charge in [-0.1, -0.05) is 50.9 Å². The molecule has 1 N–H and O–H groups in total. The average Bonchev–Trinajstić information content (AvgIpc) is 2.41. The van der Waals surface area contributed by atoms with E-state index in [4.69, 9.17) is 0 Å². The number of para-hydroxylation sites is 1. The number of rotatable bonds is 3. The highest BCUT2D eigenvalue weighted by Crippen LogP contribution is 2.38. The standard InChI is InChI=1S/C15H19NO2S2/c1-15(9-5-2-6-10-15)13(17)16-11-7-3-4-8-12(11)20-14(18)19/h3-4,7-8H,2,5-6,9-10H2,1H3,(H,16,17)(H,18,19). The monoisotopic (exact) mass is 309 g/mol. The van der Waals surface area contributed by atoms with E-state index in [-0.39, 0.29) is 15.8 Å². The van der Waals surface area contributed by atoms with Crippen LogP contribution in [0.2, 0.25) is 0 Å². The Morgan fingerprint density at radius 3 is 2.50 bits per heavy atom. The number of hydrogen-bond donors (Lipinski definition) is 2. The van der Waals surface area contributed by atoms with Gasteiger partial charge in [0.05, 0.1) is 5.69 Å². The summed E-state index contributed by atoms with van der Waals surface area (Å²) in [4.78, 5) is 24.4. The first kappa shape index (κ1) is 15.4. The molecule has 0 spiro atoms. The summed E-state index contributed by atoms with van der Waals surface area (Å²) in [5, 5.41) is 2.98. The maximum atomic E-state index is 12.5. The van der Waals surface area contributed by atoms with Gasteiger partial charge in [-0.15, -0.1) is 0 Å². The molecule has 1 aliphatic carbocycles. The molecule has 0 bridgehead atoms. The molecule has 0 atom stereocenters. The fourth-order valence-corrected chi connectivity index (χ4v) is 3.44. The van der Waals surface area contributed by atoms with Gasteiger partial charge < -0.3 is 5.32 Å². The Morgan fingerprint density at radius 1 is 1.20 bits per heavy atom. The zero-order valence-corrected chi connectivity index (χ0v) is 13.2. The van der Waals surface area contributed by atoms with Gasteiger partial charge in [-0.3, -0.25) is 9.59 Å². The lowest BCUT2D eigenvalue weighted by Gasteiger charge is -2.32. The second kappa shape index (κ2) is 6.68. The van der Waals surface area contributed by atoms with E-state index in [0.29, 0.717) is 5.69 Å². The van der Waals surface area contributed by atoms with Crippen LogP contribution in [0.3, 0.4) is 0 Å². The average molecular weight is 309 g/mol. The SMILES string of the molecule is CC1(C(=O)Nc2ccccc2SC(=O)S)CCCCC1. The molecule has 0 aliphatic heterocycles. The molecular formula is C15H19NO2S2. The molecule has 0 aromatic heterocycles. The van der Waals surface area contributed by atoms with Gasteiger partial charge in [0.25, 0.3) is 0 Å². The molecule has 20 heavy (non-hydrogen) atoms. The molecule has 1 aliphatic rings. The highest BCUT2D eigenvalue weighted by molar-refractivity contribution is 8.32. The Hall–Kier alpha value is -0.940. The van der Waals surface area contributed by atoms with Gasteiger partial charge in [0, 0.05) is 10.3 Å². The lowest BCUT2D eigenvalue weighted by molar-refractivity contribution is -0.126. The van der Waals surface area contributed by atoms with Gasteiger partial charge in [-0.2, -0.15) is 0 Å². The lowest BCUT2D eigenvalue weighted by atomic mass is 9.75. The van der Waals surface area contributed by atoms with Crippen molar-refractivity contribution in [1.82, 2.24) is 0 Å². The highest BCUT2D eigenvalue weighted by Gasteiger charge is 2.34. The number of hydrogen-bond acceptors (Lipinski definition) is 3. The van der Waals surface area contributed by atoms with Gasteiger partial charge in [-0.05, 0) is 36.7 Å².